The van der Waals surface area contributed by atoms with Gasteiger partial charge in [-0.15, -0.1) is 6.58 Å². The molecule has 2 fully saturated rings. The minimum atomic E-state index is -1.17. The van der Waals surface area contributed by atoms with E-state index in [2.05, 4.69) is 19.7 Å². The van der Waals surface area contributed by atoms with E-state index >= 15 is 0 Å². The highest BCUT2D eigenvalue weighted by Crippen LogP contribution is 2.53. The van der Waals surface area contributed by atoms with Crippen molar-refractivity contribution in [2.45, 2.75) is 45.8 Å². The summed E-state index contributed by atoms with van der Waals surface area (Å²) in [7, 11) is 0. The molecule has 1 aliphatic heterocycles. The molecule has 5 unspecified atom stereocenters. The third-order valence-corrected chi connectivity index (χ3v) is 5.65. The van der Waals surface area contributed by atoms with Crippen LogP contribution in [0.4, 0.5) is 0 Å². The molecule has 146 valence electrons. The van der Waals surface area contributed by atoms with Gasteiger partial charge in [0.15, 0.2) is 0 Å². The van der Waals surface area contributed by atoms with E-state index < -0.39 is 47.4 Å². The SMILES string of the molecule is C=CC1(C)CC(OC(=O)C=C(C)CC)C2C(=C)C(=O)OC2C1C(=C)C(=O)O. The Morgan fingerprint density at radius 2 is 2.07 bits per heavy atom. The van der Waals surface area contributed by atoms with Gasteiger partial charge in [0.2, 0.25) is 0 Å². The lowest BCUT2D eigenvalue weighted by atomic mass is 9.59. The van der Waals surface area contributed by atoms with Crippen molar-refractivity contribution in [3.05, 3.63) is 48.6 Å². The van der Waals surface area contributed by atoms with E-state index in [1.807, 2.05) is 13.8 Å². The van der Waals surface area contributed by atoms with Crippen molar-refractivity contribution in [2.75, 3.05) is 0 Å². The first-order valence-corrected chi connectivity index (χ1v) is 8.89. The Kier molecular flexibility index (Phi) is 5.78. The molecule has 6 heteroatoms. The molecule has 0 aromatic carbocycles. The number of esters is 2. The molecule has 1 N–H and O–H groups in total. The van der Waals surface area contributed by atoms with E-state index in [0.29, 0.717) is 6.42 Å². The van der Waals surface area contributed by atoms with Crippen molar-refractivity contribution >= 4 is 17.9 Å². The van der Waals surface area contributed by atoms with Gasteiger partial charge in [-0.05, 0) is 25.2 Å². The monoisotopic (exact) mass is 374 g/mol. The number of fused-ring (bicyclic) bond motifs is 1. The van der Waals surface area contributed by atoms with Gasteiger partial charge in [0.1, 0.15) is 12.2 Å². The van der Waals surface area contributed by atoms with Crippen LogP contribution < -0.4 is 0 Å². The number of carboxylic acids is 1. The highest BCUT2D eigenvalue weighted by Gasteiger charge is 2.59. The van der Waals surface area contributed by atoms with E-state index in [4.69, 9.17) is 9.47 Å². The van der Waals surface area contributed by atoms with Crippen LogP contribution in [0.15, 0.2) is 48.6 Å². The summed E-state index contributed by atoms with van der Waals surface area (Å²) in [5.74, 6) is -3.60. The van der Waals surface area contributed by atoms with Crippen LogP contribution in [0.25, 0.3) is 0 Å². The standard InChI is InChI=1S/C21H26O6/c1-7-11(3)9-15(22)26-14-10-21(6,8-2)17(13(5)19(23)24)18-16(14)12(4)20(25)27-18/h8-9,14,16-18H,2,4-5,7,10H2,1,3,6H3,(H,23,24). The molecule has 1 heterocycles. The maximum atomic E-state index is 12.3. The van der Waals surface area contributed by atoms with Crippen LogP contribution in [0.1, 0.15) is 33.6 Å². The second-order valence-corrected chi connectivity index (χ2v) is 7.46. The molecule has 0 aromatic heterocycles. The highest BCUT2D eigenvalue weighted by atomic mass is 16.6. The van der Waals surface area contributed by atoms with Gasteiger partial charge < -0.3 is 14.6 Å². The lowest BCUT2D eigenvalue weighted by Crippen LogP contribution is -2.52. The summed E-state index contributed by atoms with van der Waals surface area (Å²) in [5.41, 5.74) is 0.203. The van der Waals surface area contributed by atoms with Crippen molar-refractivity contribution in [1.29, 1.82) is 0 Å². The summed E-state index contributed by atoms with van der Waals surface area (Å²) in [5, 5.41) is 9.46. The summed E-state index contributed by atoms with van der Waals surface area (Å²) in [6, 6.07) is 0. The number of allylic oxidation sites excluding steroid dienone is 2. The van der Waals surface area contributed by atoms with Gasteiger partial charge in [-0.3, -0.25) is 0 Å². The lowest BCUT2D eigenvalue weighted by molar-refractivity contribution is -0.160. The average Bonchev–Trinajstić information content (AvgIpc) is 2.88. The molecule has 2 aliphatic rings. The predicted octanol–water partition coefficient (Wildman–Crippen LogP) is 3.21. The predicted molar refractivity (Wildman–Crippen MR) is 99.6 cm³/mol. The van der Waals surface area contributed by atoms with Gasteiger partial charge in [-0.25, -0.2) is 14.4 Å². The first kappa shape index (κ1) is 20.7. The van der Waals surface area contributed by atoms with Gasteiger partial charge in [-0.1, -0.05) is 38.7 Å². The zero-order chi connectivity index (χ0) is 20.5. The van der Waals surface area contributed by atoms with Gasteiger partial charge in [0.25, 0.3) is 0 Å². The van der Waals surface area contributed by atoms with Crippen molar-refractivity contribution in [3.63, 3.8) is 0 Å². The number of aliphatic carboxylic acids is 1. The Balaban J connectivity index is 2.44. The summed E-state index contributed by atoms with van der Waals surface area (Å²) in [4.78, 5) is 36.0. The topological polar surface area (TPSA) is 89.9 Å². The van der Waals surface area contributed by atoms with Crippen LogP contribution in [-0.2, 0) is 23.9 Å². The van der Waals surface area contributed by atoms with Crippen molar-refractivity contribution in [1.82, 2.24) is 0 Å². The summed E-state index contributed by atoms with van der Waals surface area (Å²) < 4.78 is 11.1. The average molecular weight is 374 g/mol. The second kappa shape index (κ2) is 7.55. The molecule has 2 rings (SSSR count). The van der Waals surface area contributed by atoms with E-state index in [0.717, 1.165) is 5.57 Å². The molecule has 1 saturated heterocycles. The summed E-state index contributed by atoms with van der Waals surface area (Å²) in [6.07, 6.45) is 2.54. The molecule has 1 saturated carbocycles. The smallest absolute Gasteiger partial charge is 0.334 e. The van der Waals surface area contributed by atoms with Gasteiger partial charge >= 0.3 is 17.9 Å². The number of ether oxygens (including phenoxy) is 2. The number of carbonyl (C=O) groups excluding carboxylic acids is 2. The molecule has 1 aliphatic carbocycles. The fraction of sp³-hybridized carbons (Fsp3) is 0.476. The van der Waals surface area contributed by atoms with E-state index in [1.54, 1.807) is 13.0 Å². The first-order chi connectivity index (χ1) is 12.6. The molecule has 0 spiro atoms. The Labute approximate surface area is 159 Å². The molecule has 5 atom stereocenters. The first-order valence-electron chi connectivity index (χ1n) is 8.89. The Morgan fingerprint density at radius 3 is 2.59 bits per heavy atom. The minimum Gasteiger partial charge on any atom is -0.478 e. The summed E-state index contributed by atoms with van der Waals surface area (Å²) >= 11 is 0. The zero-order valence-corrected chi connectivity index (χ0v) is 16.0. The molecule has 0 bridgehead atoms. The highest BCUT2D eigenvalue weighted by molar-refractivity contribution is 5.92. The Hall–Kier alpha value is -2.63. The van der Waals surface area contributed by atoms with Crippen LogP contribution >= 0.6 is 0 Å². The number of hydrogen-bond acceptors (Lipinski definition) is 5. The molecule has 0 aromatic rings. The third kappa shape index (κ3) is 3.75. The summed E-state index contributed by atoms with van der Waals surface area (Å²) in [6.45, 7) is 16.8. The van der Waals surface area contributed by atoms with Crippen LogP contribution in [0.3, 0.4) is 0 Å². The van der Waals surface area contributed by atoms with Crippen molar-refractivity contribution in [3.8, 4) is 0 Å². The lowest BCUT2D eigenvalue weighted by Gasteiger charge is -2.47. The van der Waals surface area contributed by atoms with Crippen molar-refractivity contribution < 1.29 is 29.0 Å². The zero-order valence-electron chi connectivity index (χ0n) is 16.0. The molecule has 0 radical (unpaired) electrons. The van der Waals surface area contributed by atoms with E-state index in [1.165, 1.54) is 6.08 Å². The second-order valence-electron chi connectivity index (χ2n) is 7.46. The van der Waals surface area contributed by atoms with E-state index in [9.17, 15) is 19.5 Å². The van der Waals surface area contributed by atoms with Crippen molar-refractivity contribution in [2.24, 2.45) is 17.3 Å². The Bertz CT molecular complexity index is 746. The molecule has 27 heavy (non-hydrogen) atoms. The number of carbonyl (C=O) groups is 3. The van der Waals surface area contributed by atoms with Gasteiger partial charge in [-0.2, -0.15) is 0 Å². The largest absolute Gasteiger partial charge is 0.478 e. The normalized spacial score (nSPS) is 33.1. The maximum absolute atomic E-state index is 12.3. The molecular weight excluding hydrogens is 348 g/mol. The fourth-order valence-electron chi connectivity index (χ4n) is 3.92. The van der Waals surface area contributed by atoms with Crippen LogP contribution in [0.2, 0.25) is 0 Å². The van der Waals surface area contributed by atoms with Crippen LogP contribution in [-0.4, -0.2) is 35.2 Å². The number of hydrogen-bond donors (Lipinski definition) is 1. The molecular formula is C21H26O6. The van der Waals surface area contributed by atoms with E-state index in [-0.39, 0.29) is 17.6 Å². The van der Waals surface area contributed by atoms with Crippen LogP contribution in [0.5, 0.6) is 0 Å². The quantitative estimate of drug-likeness (QED) is 0.436. The number of rotatable bonds is 6. The molecule has 0 amide bonds. The minimum absolute atomic E-state index is 0.0681. The molecule has 6 nitrogen and oxygen atoms in total. The number of carboxylic acid groups (broad SMARTS) is 1. The Morgan fingerprint density at radius 1 is 1.44 bits per heavy atom. The van der Waals surface area contributed by atoms with Gasteiger partial charge in [0.05, 0.1) is 5.92 Å². The van der Waals surface area contributed by atoms with Crippen LogP contribution in [0, 0.1) is 17.3 Å². The van der Waals surface area contributed by atoms with Gasteiger partial charge in [0, 0.05) is 23.1 Å². The maximum Gasteiger partial charge on any atom is 0.334 e. The third-order valence-electron chi connectivity index (χ3n) is 5.65. The fourth-order valence-corrected chi connectivity index (χ4v) is 3.92.